The summed E-state index contributed by atoms with van der Waals surface area (Å²) in [5.41, 5.74) is 1.37. The summed E-state index contributed by atoms with van der Waals surface area (Å²) in [6.45, 7) is 3.24. The highest BCUT2D eigenvalue weighted by Gasteiger charge is 2.20. The molecule has 2 nitrogen and oxygen atoms in total. The van der Waals surface area contributed by atoms with Crippen molar-refractivity contribution >= 4 is 23.7 Å². The quantitative estimate of drug-likeness (QED) is 0.846. The van der Waals surface area contributed by atoms with E-state index in [0.29, 0.717) is 0 Å². The number of halogens is 1. The third-order valence-corrected chi connectivity index (χ3v) is 3.71. The fourth-order valence-corrected chi connectivity index (χ4v) is 3.02. The smallest absolute Gasteiger partial charge is 0.0900 e. The Hall–Kier alpha value is -0.120. The van der Waals surface area contributed by atoms with Crippen LogP contribution in [0.3, 0.4) is 0 Å². The van der Waals surface area contributed by atoms with Crippen LogP contribution in [0.4, 0.5) is 0 Å². The maximum atomic E-state index is 4.57. The second kappa shape index (κ2) is 5.10. The van der Waals surface area contributed by atoms with E-state index in [-0.39, 0.29) is 12.4 Å². The molecule has 0 spiro atoms. The molecule has 0 saturated heterocycles. The van der Waals surface area contributed by atoms with Crippen molar-refractivity contribution in [2.24, 2.45) is 5.92 Å². The second-order valence-electron chi connectivity index (χ2n) is 3.77. The molecule has 0 fully saturated rings. The lowest BCUT2D eigenvalue weighted by molar-refractivity contribution is 0.438. The Kier molecular flexibility index (Phi) is 4.35. The highest BCUT2D eigenvalue weighted by Crippen LogP contribution is 2.28. The minimum atomic E-state index is 0. The van der Waals surface area contributed by atoms with E-state index in [0.717, 1.165) is 12.5 Å². The van der Waals surface area contributed by atoms with Crippen molar-refractivity contribution < 1.29 is 0 Å². The van der Waals surface area contributed by atoms with Gasteiger partial charge in [-0.1, -0.05) is 0 Å². The van der Waals surface area contributed by atoms with Crippen molar-refractivity contribution in [2.75, 3.05) is 13.6 Å². The van der Waals surface area contributed by atoms with E-state index in [2.05, 4.69) is 17.2 Å². The Morgan fingerprint density at radius 2 is 2.36 bits per heavy atom. The number of hydrogen-bond acceptors (Lipinski definition) is 3. The largest absolute Gasteiger partial charge is 0.319 e. The minimum absolute atomic E-state index is 0. The van der Waals surface area contributed by atoms with Crippen LogP contribution in [0.25, 0.3) is 0 Å². The van der Waals surface area contributed by atoms with Crippen molar-refractivity contribution in [3.63, 3.8) is 0 Å². The Bertz CT molecular complexity index is 298. The first-order chi connectivity index (χ1) is 6.29. The van der Waals surface area contributed by atoms with Crippen LogP contribution in [0.1, 0.15) is 22.0 Å². The molecule has 1 heterocycles. The van der Waals surface area contributed by atoms with Gasteiger partial charge in [-0.2, -0.15) is 0 Å². The van der Waals surface area contributed by atoms with Gasteiger partial charge in [0.1, 0.15) is 0 Å². The first-order valence-corrected chi connectivity index (χ1v) is 5.71. The molecule has 1 aliphatic rings. The van der Waals surface area contributed by atoms with Gasteiger partial charge < -0.3 is 5.32 Å². The molecule has 0 saturated carbocycles. The maximum Gasteiger partial charge on any atom is 0.0900 e. The van der Waals surface area contributed by atoms with E-state index in [1.54, 1.807) is 0 Å². The Morgan fingerprint density at radius 1 is 1.57 bits per heavy atom. The molecular formula is C10H17ClN2S. The molecule has 0 unspecified atom stereocenters. The van der Waals surface area contributed by atoms with Crippen LogP contribution in [-0.2, 0) is 12.8 Å². The lowest BCUT2D eigenvalue weighted by Gasteiger charge is -2.20. The molecule has 0 aromatic carbocycles. The van der Waals surface area contributed by atoms with Crippen molar-refractivity contribution in [1.29, 1.82) is 0 Å². The first-order valence-electron chi connectivity index (χ1n) is 4.89. The molecule has 1 aromatic rings. The lowest BCUT2D eigenvalue weighted by atomic mass is 9.91. The molecule has 0 bridgehead atoms. The summed E-state index contributed by atoms with van der Waals surface area (Å²) in [5.74, 6) is 0.805. The van der Waals surface area contributed by atoms with Crippen molar-refractivity contribution in [2.45, 2.75) is 26.2 Å². The SMILES string of the molecule is CNC[C@@H]1CCc2sc(C)nc2C1.Cl. The number of aromatic nitrogens is 1. The Balaban J connectivity index is 0.000000980. The maximum absolute atomic E-state index is 4.57. The number of aryl methyl sites for hydroxylation is 2. The van der Waals surface area contributed by atoms with E-state index < -0.39 is 0 Å². The van der Waals surface area contributed by atoms with Gasteiger partial charge >= 0.3 is 0 Å². The zero-order valence-electron chi connectivity index (χ0n) is 8.67. The lowest BCUT2D eigenvalue weighted by Crippen LogP contribution is -2.24. The average molecular weight is 233 g/mol. The standard InChI is InChI=1S/C10H16N2S.ClH/c1-7-12-9-5-8(6-11-2)3-4-10(9)13-7;/h8,11H,3-6H2,1-2H3;1H/t8-;/m1./s1. The third kappa shape index (κ3) is 2.47. The highest BCUT2D eigenvalue weighted by molar-refractivity contribution is 7.11. The summed E-state index contributed by atoms with van der Waals surface area (Å²) in [6.07, 6.45) is 3.75. The summed E-state index contributed by atoms with van der Waals surface area (Å²) in [4.78, 5) is 6.11. The molecule has 1 aliphatic carbocycles. The van der Waals surface area contributed by atoms with Gasteiger partial charge in [0.2, 0.25) is 0 Å². The second-order valence-corrected chi connectivity index (χ2v) is 5.06. The van der Waals surface area contributed by atoms with Crippen LogP contribution >= 0.6 is 23.7 Å². The summed E-state index contributed by atoms with van der Waals surface area (Å²) in [7, 11) is 2.03. The molecular weight excluding hydrogens is 216 g/mol. The molecule has 2 rings (SSSR count). The molecule has 0 radical (unpaired) electrons. The van der Waals surface area contributed by atoms with Gasteiger partial charge in [-0.3, -0.25) is 0 Å². The molecule has 4 heteroatoms. The van der Waals surface area contributed by atoms with Crippen molar-refractivity contribution in [3.05, 3.63) is 15.6 Å². The molecule has 0 amide bonds. The molecule has 1 N–H and O–H groups in total. The van der Waals surface area contributed by atoms with Gasteiger partial charge in [0, 0.05) is 4.88 Å². The number of hydrogen-bond donors (Lipinski definition) is 1. The highest BCUT2D eigenvalue weighted by atomic mass is 35.5. The summed E-state index contributed by atoms with van der Waals surface area (Å²) < 4.78 is 0. The summed E-state index contributed by atoms with van der Waals surface area (Å²) in [6, 6.07) is 0. The van der Waals surface area contributed by atoms with Crippen LogP contribution < -0.4 is 5.32 Å². The van der Waals surface area contributed by atoms with Gasteiger partial charge in [-0.15, -0.1) is 23.7 Å². The van der Waals surface area contributed by atoms with E-state index in [9.17, 15) is 0 Å². The van der Waals surface area contributed by atoms with Crippen LogP contribution in [0.2, 0.25) is 0 Å². The monoisotopic (exact) mass is 232 g/mol. The fourth-order valence-electron chi connectivity index (χ4n) is 2.04. The molecule has 1 atom stereocenters. The van der Waals surface area contributed by atoms with Crippen LogP contribution in [0.15, 0.2) is 0 Å². The third-order valence-electron chi connectivity index (χ3n) is 2.64. The van der Waals surface area contributed by atoms with Gasteiger partial charge in [-0.25, -0.2) is 4.98 Å². The van der Waals surface area contributed by atoms with E-state index in [1.165, 1.54) is 34.8 Å². The van der Waals surface area contributed by atoms with E-state index >= 15 is 0 Å². The average Bonchev–Trinajstić information content (AvgIpc) is 2.44. The van der Waals surface area contributed by atoms with Gasteiger partial charge in [-0.05, 0) is 45.7 Å². The molecule has 14 heavy (non-hydrogen) atoms. The van der Waals surface area contributed by atoms with Crippen LogP contribution in [0, 0.1) is 12.8 Å². The van der Waals surface area contributed by atoms with Gasteiger partial charge in [0.15, 0.2) is 0 Å². The Morgan fingerprint density at radius 3 is 3.07 bits per heavy atom. The normalized spacial score (nSPS) is 20.0. The summed E-state index contributed by atoms with van der Waals surface area (Å²) >= 11 is 1.88. The number of fused-ring (bicyclic) bond motifs is 1. The minimum Gasteiger partial charge on any atom is -0.319 e. The topological polar surface area (TPSA) is 24.9 Å². The number of nitrogens with one attached hydrogen (secondary N) is 1. The Labute approximate surface area is 95.5 Å². The predicted octanol–water partition coefficient (Wildman–Crippen LogP) is 2.20. The zero-order valence-corrected chi connectivity index (χ0v) is 10.3. The van der Waals surface area contributed by atoms with Crippen LogP contribution in [-0.4, -0.2) is 18.6 Å². The van der Waals surface area contributed by atoms with E-state index in [4.69, 9.17) is 0 Å². The van der Waals surface area contributed by atoms with Crippen LogP contribution in [0.5, 0.6) is 0 Å². The molecule has 80 valence electrons. The number of thiazole rings is 1. The predicted molar refractivity (Wildman–Crippen MR) is 63.5 cm³/mol. The van der Waals surface area contributed by atoms with Gasteiger partial charge in [0.25, 0.3) is 0 Å². The van der Waals surface area contributed by atoms with Crippen molar-refractivity contribution in [1.82, 2.24) is 10.3 Å². The molecule has 0 aliphatic heterocycles. The molecule has 1 aromatic heterocycles. The first kappa shape index (κ1) is 12.0. The number of nitrogens with zero attached hydrogens (tertiary/aromatic N) is 1. The zero-order chi connectivity index (χ0) is 9.26. The number of rotatable bonds is 2. The van der Waals surface area contributed by atoms with E-state index in [1.807, 2.05) is 18.4 Å². The van der Waals surface area contributed by atoms with Gasteiger partial charge in [0.05, 0.1) is 10.7 Å². The summed E-state index contributed by atoms with van der Waals surface area (Å²) in [5, 5.41) is 4.48. The van der Waals surface area contributed by atoms with Crippen molar-refractivity contribution in [3.8, 4) is 0 Å². The fraction of sp³-hybridized carbons (Fsp3) is 0.700.